The Bertz CT molecular complexity index is 599. The summed E-state index contributed by atoms with van der Waals surface area (Å²) >= 11 is 3.19. The maximum absolute atomic E-state index is 14.1. The van der Waals surface area contributed by atoms with Crippen molar-refractivity contribution in [2.24, 2.45) is 0 Å². The van der Waals surface area contributed by atoms with Crippen LogP contribution in [-0.2, 0) is 10.0 Å². The van der Waals surface area contributed by atoms with E-state index in [4.69, 9.17) is 0 Å². The molecule has 1 saturated heterocycles. The van der Waals surface area contributed by atoms with Crippen LogP contribution >= 0.6 is 15.9 Å². The summed E-state index contributed by atoms with van der Waals surface area (Å²) in [7, 11) is -3.83. The highest BCUT2D eigenvalue weighted by Crippen LogP contribution is 2.24. The highest BCUT2D eigenvalue weighted by atomic mass is 79.9. The normalized spacial score (nSPS) is 20.2. The van der Waals surface area contributed by atoms with Gasteiger partial charge in [-0.3, -0.25) is 0 Å². The van der Waals surface area contributed by atoms with Crippen LogP contribution in [0.4, 0.5) is 4.39 Å². The predicted molar refractivity (Wildman–Crippen MR) is 84.3 cm³/mol. The van der Waals surface area contributed by atoms with E-state index in [1.165, 1.54) is 6.07 Å². The van der Waals surface area contributed by atoms with Gasteiger partial charge < -0.3 is 5.32 Å². The summed E-state index contributed by atoms with van der Waals surface area (Å²) in [6.07, 6.45) is 4.30. The molecule has 2 N–H and O–H groups in total. The smallest absolute Gasteiger partial charge is 0.243 e. The monoisotopic (exact) mass is 378 g/mol. The Morgan fingerprint density at radius 3 is 2.90 bits per heavy atom. The lowest BCUT2D eigenvalue weighted by Crippen LogP contribution is -2.40. The van der Waals surface area contributed by atoms with Crippen molar-refractivity contribution in [2.75, 3.05) is 13.1 Å². The molecule has 1 heterocycles. The minimum Gasteiger partial charge on any atom is -0.313 e. The molecular weight excluding hydrogens is 359 g/mol. The molecule has 0 radical (unpaired) electrons. The van der Waals surface area contributed by atoms with Crippen LogP contribution in [0.3, 0.4) is 0 Å². The van der Waals surface area contributed by atoms with Gasteiger partial charge in [-0.25, -0.2) is 17.5 Å². The minimum absolute atomic E-state index is 0.113. The van der Waals surface area contributed by atoms with Crippen molar-refractivity contribution < 1.29 is 12.8 Å². The van der Waals surface area contributed by atoms with Gasteiger partial charge in [-0.1, -0.05) is 28.8 Å². The second kappa shape index (κ2) is 7.17. The maximum atomic E-state index is 14.1. The lowest BCUT2D eigenvalue weighted by molar-refractivity contribution is 0.492. The van der Waals surface area contributed by atoms with Crippen molar-refractivity contribution in [3.8, 4) is 0 Å². The molecule has 118 valence electrons. The van der Waals surface area contributed by atoms with Gasteiger partial charge >= 0.3 is 0 Å². The SMILES string of the molecule is Cc1c(Br)ccc(S(=O)(=O)NCC2CCCCCN2)c1F. The van der Waals surface area contributed by atoms with E-state index in [-0.39, 0.29) is 17.5 Å². The summed E-state index contributed by atoms with van der Waals surface area (Å²) in [6.45, 7) is 2.74. The number of nitrogens with one attached hydrogen (secondary N) is 2. The molecule has 1 aliphatic heterocycles. The molecule has 0 aliphatic carbocycles. The van der Waals surface area contributed by atoms with E-state index in [1.54, 1.807) is 13.0 Å². The lowest BCUT2D eigenvalue weighted by atomic mass is 10.1. The standard InChI is InChI=1S/C14H20BrFN2O2S/c1-10-12(15)6-7-13(14(10)16)21(19,20)18-9-11-5-3-2-4-8-17-11/h6-7,11,17-18H,2-5,8-9H2,1H3. The summed E-state index contributed by atoms with van der Waals surface area (Å²) < 4.78 is 41.7. The van der Waals surface area contributed by atoms with Gasteiger partial charge in [0.05, 0.1) is 0 Å². The second-order valence-electron chi connectivity index (χ2n) is 5.34. The van der Waals surface area contributed by atoms with Gasteiger partial charge in [0.15, 0.2) is 0 Å². The highest BCUT2D eigenvalue weighted by molar-refractivity contribution is 9.10. The Labute approximate surface area is 133 Å². The van der Waals surface area contributed by atoms with Crippen molar-refractivity contribution in [2.45, 2.75) is 43.5 Å². The van der Waals surface area contributed by atoms with Crippen LogP contribution in [0.2, 0.25) is 0 Å². The molecule has 7 heteroatoms. The zero-order chi connectivity index (χ0) is 15.5. The molecule has 4 nitrogen and oxygen atoms in total. The molecule has 1 aromatic carbocycles. The molecule has 1 fully saturated rings. The summed E-state index contributed by atoms with van der Waals surface area (Å²) in [6, 6.07) is 2.95. The van der Waals surface area contributed by atoms with Crippen molar-refractivity contribution in [3.05, 3.63) is 28.0 Å². The van der Waals surface area contributed by atoms with Gasteiger partial charge in [-0.2, -0.15) is 0 Å². The molecule has 1 aliphatic rings. The van der Waals surface area contributed by atoms with Crippen LogP contribution in [-0.4, -0.2) is 27.5 Å². The molecule has 0 aromatic heterocycles. The summed E-state index contributed by atoms with van der Waals surface area (Å²) in [4.78, 5) is -0.295. The molecule has 21 heavy (non-hydrogen) atoms. The van der Waals surface area contributed by atoms with Crippen LogP contribution in [0.15, 0.2) is 21.5 Å². The van der Waals surface area contributed by atoms with E-state index >= 15 is 0 Å². The van der Waals surface area contributed by atoms with Crippen molar-refractivity contribution in [1.82, 2.24) is 10.0 Å². The third-order valence-corrected chi connectivity index (χ3v) is 6.06. The number of sulfonamides is 1. The molecule has 0 bridgehead atoms. The molecule has 1 aromatic rings. The third-order valence-electron chi connectivity index (χ3n) is 3.76. The first kappa shape index (κ1) is 16.9. The van der Waals surface area contributed by atoms with Crippen molar-refractivity contribution in [3.63, 3.8) is 0 Å². The predicted octanol–water partition coefficient (Wildman–Crippen LogP) is 2.71. The topological polar surface area (TPSA) is 58.2 Å². The quantitative estimate of drug-likeness (QED) is 0.846. The van der Waals surface area contributed by atoms with Gasteiger partial charge in [-0.05, 0) is 38.4 Å². The maximum Gasteiger partial charge on any atom is 0.243 e. The number of rotatable bonds is 4. The average molecular weight is 379 g/mol. The fourth-order valence-electron chi connectivity index (χ4n) is 2.41. The largest absolute Gasteiger partial charge is 0.313 e. The zero-order valence-corrected chi connectivity index (χ0v) is 14.4. The van der Waals surface area contributed by atoms with Crippen LogP contribution < -0.4 is 10.0 Å². The van der Waals surface area contributed by atoms with E-state index in [2.05, 4.69) is 26.0 Å². The van der Waals surface area contributed by atoms with Gasteiger partial charge in [0.25, 0.3) is 0 Å². The number of benzene rings is 1. The second-order valence-corrected chi connectivity index (χ2v) is 7.93. The fraction of sp³-hybridized carbons (Fsp3) is 0.571. The van der Waals surface area contributed by atoms with E-state index in [0.717, 1.165) is 32.2 Å². The Hall–Kier alpha value is -0.500. The number of halogens is 2. The van der Waals surface area contributed by atoms with Crippen molar-refractivity contribution >= 4 is 26.0 Å². The molecule has 1 unspecified atom stereocenters. The first-order valence-electron chi connectivity index (χ1n) is 7.09. The molecular formula is C14H20BrFN2O2S. The van der Waals surface area contributed by atoms with E-state index in [1.807, 2.05) is 0 Å². The van der Waals surface area contributed by atoms with Gasteiger partial charge in [0.2, 0.25) is 10.0 Å². The number of hydrogen-bond donors (Lipinski definition) is 2. The molecule has 0 spiro atoms. The lowest BCUT2D eigenvalue weighted by Gasteiger charge is -2.17. The van der Waals surface area contributed by atoms with Gasteiger partial charge in [-0.15, -0.1) is 0 Å². The molecule has 0 amide bonds. The summed E-state index contributed by atoms with van der Waals surface area (Å²) in [5.41, 5.74) is 0.297. The summed E-state index contributed by atoms with van der Waals surface area (Å²) in [5.74, 6) is -0.703. The van der Waals surface area contributed by atoms with Gasteiger partial charge in [0, 0.05) is 22.6 Å². The molecule has 1 atom stereocenters. The Morgan fingerprint density at radius 2 is 2.14 bits per heavy atom. The molecule has 2 rings (SSSR count). The van der Waals surface area contributed by atoms with E-state index in [0.29, 0.717) is 10.0 Å². The van der Waals surface area contributed by atoms with E-state index < -0.39 is 15.8 Å². The highest BCUT2D eigenvalue weighted by Gasteiger charge is 2.22. The first-order valence-corrected chi connectivity index (χ1v) is 9.37. The van der Waals surface area contributed by atoms with Crippen LogP contribution in [0, 0.1) is 12.7 Å². The Kier molecular flexibility index (Phi) is 5.76. The van der Waals surface area contributed by atoms with Crippen LogP contribution in [0.5, 0.6) is 0 Å². The van der Waals surface area contributed by atoms with Crippen molar-refractivity contribution in [1.29, 1.82) is 0 Å². The Morgan fingerprint density at radius 1 is 1.38 bits per heavy atom. The molecule has 0 saturated carbocycles. The van der Waals surface area contributed by atoms with Gasteiger partial charge in [0.1, 0.15) is 10.7 Å². The third kappa shape index (κ3) is 4.25. The average Bonchev–Trinajstić information content (AvgIpc) is 2.71. The minimum atomic E-state index is -3.83. The zero-order valence-electron chi connectivity index (χ0n) is 12.0. The fourth-order valence-corrected chi connectivity index (χ4v) is 3.93. The van der Waals surface area contributed by atoms with E-state index in [9.17, 15) is 12.8 Å². The first-order chi connectivity index (χ1) is 9.92. The van der Waals surface area contributed by atoms with Crippen LogP contribution in [0.25, 0.3) is 0 Å². The number of hydrogen-bond acceptors (Lipinski definition) is 3. The summed E-state index contributed by atoms with van der Waals surface area (Å²) in [5, 5.41) is 3.31. The Balaban J connectivity index is 2.09. The van der Waals surface area contributed by atoms with Crippen LogP contribution in [0.1, 0.15) is 31.2 Å².